The standard InChI is InChI=1S/C25H51NO2P/c1-6-8-9-10-11-12-13-14-15-16-17-18-19-20-21-22-23-24-25(7-2,29(27)28)26(3,4)5/h11-12H,6-10,13-24H2,1-5H3/q+1/b12-11-. The highest BCUT2D eigenvalue weighted by molar-refractivity contribution is 7.38. The second-order valence-corrected chi connectivity index (χ2v) is 11.0. The molecule has 0 saturated heterocycles. The van der Waals surface area contributed by atoms with Gasteiger partial charge >= 0.3 is 8.03 Å². The summed E-state index contributed by atoms with van der Waals surface area (Å²) in [5, 5.41) is -0.597. The second-order valence-electron chi connectivity index (χ2n) is 9.65. The molecular weight excluding hydrogens is 377 g/mol. The Hall–Kier alpha value is -0.240. The third-order valence-corrected chi connectivity index (χ3v) is 8.31. The van der Waals surface area contributed by atoms with Gasteiger partial charge in [0.05, 0.1) is 21.1 Å². The van der Waals surface area contributed by atoms with E-state index >= 15 is 0 Å². The van der Waals surface area contributed by atoms with E-state index < -0.39 is 13.3 Å². The normalized spacial score (nSPS) is 15.0. The van der Waals surface area contributed by atoms with Crippen LogP contribution in [0, 0.1) is 0 Å². The lowest BCUT2D eigenvalue weighted by atomic mass is 10.0. The molecule has 0 amide bonds. The van der Waals surface area contributed by atoms with Crippen molar-refractivity contribution in [3.63, 3.8) is 0 Å². The highest BCUT2D eigenvalue weighted by Gasteiger charge is 2.52. The minimum absolute atomic E-state index is 0.511. The first-order valence-corrected chi connectivity index (χ1v) is 13.6. The van der Waals surface area contributed by atoms with E-state index in [1.54, 1.807) is 0 Å². The molecule has 0 saturated carbocycles. The van der Waals surface area contributed by atoms with Crippen LogP contribution in [-0.2, 0) is 4.57 Å². The van der Waals surface area contributed by atoms with E-state index in [1.807, 2.05) is 28.1 Å². The highest BCUT2D eigenvalue weighted by atomic mass is 31.1. The first-order chi connectivity index (χ1) is 13.8. The summed E-state index contributed by atoms with van der Waals surface area (Å²) >= 11 is 0. The fourth-order valence-corrected chi connectivity index (χ4v) is 5.37. The van der Waals surface area contributed by atoms with E-state index in [-0.39, 0.29) is 0 Å². The molecule has 0 heterocycles. The van der Waals surface area contributed by atoms with Crippen LogP contribution in [0.2, 0.25) is 0 Å². The molecule has 172 valence electrons. The summed E-state index contributed by atoms with van der Waals surface area (Å²) in [6.07, 6.45) is 25.7. The van der Waals surface area contributed by atoms with E-state index in [0.29, 0.717) is 10.9 Å². The fourth-order valence-electron chi connectivity index (χ4n) is 4.28. The number of hydrogen-bond acceptors (Lipinski definition) is 2. The van der Waals surface area contributed by atoms with Crippen LogP contribution in [0.4, 0.5) is 0 Å². The van der Waals surface area contributed by atoms with E-state index in [4.69, 9.17) is 0 Å². The zero-order chi connectivity index (χ0) is 22.0. The molecule has 0 aromatic carbocycles. The van der Waals surface area contributed by atoms with Gasteiger partial charge in [-0.05, 0) is 32.1 Å². The molecule has 0 aromatic rings. The van der Waals surface area contributed by atoms with Crippen LogP contribution in [0.5, 0.6) is 0 Å². The van der Waals surface area contributed by atoms with E-state index in [0.717, 1.165) is 19.3 Å². The Balaban J connectivity index is 3.59. The molecule has 0 radical (unpaired) electrons. The fraction of sp³-hybridized carbons (Fsp3) is 0.920. The van der Waals surface area contributed by atoms with Crippen molar-refractivity contribution in [1.29, 1.82) is 0 Å². The highest BCUT2D eigenvalue weighted by Crippen LogP contribution is 2.44. The molecule has 3 nitrogen and oxygen atoms in total. The average Bonchev–Trinajstić information content (AvgIpc) is 2.66. The van der Waals surface area contributed by atoms with Crippen molar-refractivity contribution in [3.8, 4) is 0 Å². The Morgan fingerprint density at radius 1 is 0.724 bits per heavy atom. The average molecular weight is 429 g/mol. The van der Waals surface area contributed by atoms with Crippen molar-refractivity contribution in [2.75, 3.05) is 21.1 Å². The summed E-state index contributed by atoms with van der Waals surface area (Å²) in [4.78, 5) is 11.9. The minimum atomic E-state index is -2.41. The van der Waals surface area contributed by atoms with Crippen molar-refractivity contribution >= 4 is 8.03 Å². The molecule has 0 aliphatic carbocycles. The summed E-state index contributed by atoms with van der Waals surface area (Å²) in [7, 11) is 3.62. The van der Waals surface area contributed by atoms with Crippen LogP contribution in [0.15, 0.2) is 12.2 Å². The zero-order valence-corrected chi connectivity index (χ0v) is 21.3. The number of nitrogens with zero attached hydrogens (tertiary/aromatic N) is 1. The van der Waals surface area contributed by atoms with Gasteiger partial charge in [0, 0.05) is 12.8 Å². The molecule has 0 bridgehead atoms. The molecule has 0 rings (SSSR count). The first kappa shape index (κ1) is 28.8. The van der Waals surface area contributed by atoms with Crippen LogP contribution in [0.1, 0.15) is 123 Å². The summed E-state index contributed by atoms with van der Waals surface area (Å²) in [6, 6.07) is 0. The van der Waals surface area contributed by atoms with Crippen LogP contribution in [0.25, 0.3) is 0 Å². The number of rotatable bonds is 20. The monoisotopic (exact) mass is 428 g/mol. The summed E-state index contributed by atoms with van der Waals surface area (Å²) in [6.45, 7) is 4.27. The summed E-state index contributed by atoms with van der Waals surface area (Å²) < 4.78 is 12.4. The number of quaternary nitrogens is 1. The van der Waals surface area contributed by atoms with E-state index in [9.17, 15) is 9.46 Å². The van der Waals surface area contributed by atoms with Gasteiger partial charge in [0.2, 0.25) is 0 Å². The molecule has 0 aliphatic rings. The topological polar surface area (TPSA) is 40.1 Å². The zero-order valence-electron chi connectivity index (χ0n) is 20.4. The third kappa shape index (κ3) is 12.9. The maximum atomic E-state index is 11.9. The molecule has 0 spiro atoms. The summed E-state index contributed by atoms with van der Waals surface area (Å²) in [5.41, 5.74) is 0. The molecule has 2 unspecified atom stereocenters. The maximum Gasteiger partial charge on any atom is 0.376 e. The molecule has 29 heavy (non-hydrogen) atoms. The van der Waals surface area contributed by atoms with Gasteiger partial charge in [-0.3, -0.25) is 4.48 Å². The Morgan fingerprint density at radius 3 is 1.52 bits per heavy atom. The van der Waals surface area contributed by atoms with Crippen molar-refractivity contribution in [2.24, 2.45) is 0 Å². The third-order valence-electron chi connectivity index (χ3n) is 6.49. The Morgan fingerprint density at radius 2 is 1.14 bits per heavy atom. The second kappa shape index (κ2) is 17.4. The lowest BCUT2D eigenvalue weighted by Gasteiger charge is -2.39. The predicted molar refractivity (Wildman–Crippen MR) is 127 cm³/mol. The first-order valence-electron chi connectivity index (χ1n) is 12.4. The van der Waals surface area contributed by atoms with Crippen molar-refractivity contribution in [2.45, 2.75) is 128 Å². The van der Waals surface area contributed by atoms with Crippen molar-refractivity contribution in [1.82, 2.24) is 0 Å². The largest absolute Gasteiger partial charge is 0.590 e. The van der Waals surface area contributed by atoms with Gasteiger partial charge in [-0.2, -0.15) is 0 Å². The van der Waals surface area contributed by atoms with Crippen LogP contribution >= 0.6 is 8.03 Å². The Kier molecular flexibility index (Phi) is 17.3. The van der Waals surface area contributed by atoms with Crippen LogP contribution in [-0.4, -0.2) is 30.9 Å². The van der Waals surface area contributed by atoms with Crippen molar-refractivity contribution in [3.05, 3.63) is 12.2 Å². The van der Waals surface area contributed by atoms with E-state index in [1.165, 1.54) is 83.5 Å². The van der Waals surface area contributed by atoms with Gasteiger partial charge in [0.1, 0.15) is 0 Å². The lowest BCUT2D eigenvalue weighted by molar-refractivity contribution is -0.910. The van der Waals surface area contributed by atoms with Gasteiger partial charge < -0.3 is 4.89 Å². The van der Waals surface area contributed by atoms with Crippen LogP contribution < -0.4 is 4.89 Å². The van der Waals surface area contributed by atoms with E-state index in [2.05, 4.69) is 19.1 Å². The lowest BCUT2D eigenvalue weighted by Crippen LogP contribution is -2.55. The molecular formula is C25H51NO2P+. The van der Waals surface area contributed by atoms with Gasteiger partial charge in [0.15, 0.2) is 0 Å². The van der Waals surface area contributed by atoms with Crippen molar-refractivity contribution < 1.29 is 13.9 Å². The smallest absolute Gasteiger partial charge is 0.376 e. The minimum Gasteiger partial charge on any atom is -0.590 e. The summed E-state index contributed by atoms with van der Waals surface area (Å²) in [5.74, 6) is 0. The SMILES string of the molecule is CCCCC/C=C\CCCCCCCCCCCCC(CC)([P+](=O)[O-])[N+](C)(C)C. The molecule has 4 heteroatoms. The molecule has 2 atom stereocenters. The number of unbranched alkanes of at least 4 members (excludes halogenated alkanes) is 13. The Bertz CT molecular complexity index is 431. The molecule has 0 aliphatic heterocycles. The van der Waals surface area contributed by atoms with Gasteiger partial charge in [-0.25, -0.2) is 0 Å². The number of hydrogen-bond donors (Lipinski definition) is 0. The quantitative estimate of drug-likeness (QED) is 0.0861. The molecule has 0 N–H and O–H groups in total. The molecule has 0 aromatic heterocycles. The van der Waals surface area contributed by atoms with Crippen LogP contribution in [0.3, 0.4) is 0 Å². The Labute approximate surface area is 183 Å². The van der Waals surface area contributed by atoms with Gasteiger partial charge in [0.25, 0.3) is 5.28 Å². The van der Waals surface area contributed by atoms with Gasteiger partial charge in [-0.1, -0.05) is 94.8 Å². The predicted octanol–water partition coefficient (Wildman–Crippen LogP) is 7.72. The number of allylic oxidation sites excluding steroid dienone is 2. The van der Waals surface area contributed by atoms with Gasteiger partial charge in [-0.15, -0.1) is 0 Å². The maximum absolute atomic E-state index is 11.9. The molecule has 0 fully saturated rings.